The molecule has 2 aromatic rings. The zero-order valence-electron chi connectivity index (χ0n) is 16.9. The minimum absolute atomic E-state index is 0.0817. The van der Waals surface area contributed by atoms with E-state index in [-0.39, 0.29) is 5.91 Å². The maximum absolute atomic E-state index is 12.9. The molecule has 0 unspecified atom stereocenters. The first-order valence-electron chi connectivity index (χ1n) is 10.5. The first-order valence-corrected chi connectivity index (χ1v) is 10.5. The van der Waals surface area contributed by atoms with Crippen LogP contribution in [0.2, 0.25) is 0 Å². The number of morpholine rings is 1. The van der Waals surface area contributed by atoms with Gasteiger partial charge in [0.05, 0.1) is 13.2 Å². The van der Waals surface area contributed by atoms with Crippen LogP contribution in [0.15, 0.2) is 48.7 Å². The third-order valence-electron chi connectivity index (χ3n) is 6.65. The number of pyridine rings is 1. The number of ether oxygens (including phenoxy) is 1. The number of hydrogen-bond donors (Lipinski definition) is 0. The van der Waals surface area contributed by atoms with E-state index in [4.69, 9.17) is 4.74 Å². The van der Waals surface area contributed by atoms with Gasteiger partial charge in [-0.15, -0.1) is 0 Å². The maximum Gasteiger partial charge on any atom is 0.254 e. The molecule has 0 spiro atoms. The molecule has 0 radical (unpaired) electrons. The Bertz CT molecular complexity index is 868. The van der Waals surface area contributed by atoms with Crippen LogP contribution in [0, 0.1) is 11.8 Å². The number of nitrogens with zero attached hydrogens (tertiary/aromatic N) is 4. The van der Waals surface area contributed by atoms with Gasteiger partial charge in [0.25, 0.3) is 5.91 Å². The van der Waals surface area contributed by atoms with Crippen LogP contribution < -0.4 is 4.90 Å². The van der Waals surface area contributed by atoms with Gasteiger partial charge in [-0.05, 0) is 30.7 Å². The van der Waals surface area contributed by atoms with E-state index in [0.717, 1.165) is 31.0 Å². The van der Waals surface area contributed by atoms with Gasteiger partial charge in [0.1, 0.15) is 5.82 Å². The van der Waals surface area contributed by atoms with Crippen molar-refractivity contribution in [2.45, 2.75) is 6.04 Å². The summed E-state index contributed by atoms with van der Waals surface area (Å²) in [4.78, 5) is 24.2. The molecule has 3 atom stereocenters. The average molecular weight is 393 g/mol. The average Bonchev–Trinajstić information content (AvgIpc) is 3.31. The Morgan fingerprint density at radius 3 is 2.66 bits per heavy atom. The number of rotatable bonds is 3. The minimum atomic E-state index is 0.0817. The molecule has 6 heteroatoms. The Kier molecular flexibility index (Phi) is 4.97. The van der Waals surface area contributed by atoms with Gasteiger partial charge in [0.2, 0.25) is 0 Å². The lowest BCUT2D eigenvalue weighted by Gasteiger charge is -2.28. The fourth-order valence-corrected chi connectivity index (χ4v) is 5.27. The van der Waals surface area contributed by atoms with E-state index in [9.17, 15) is 4.79 Å². The van der Waals surface area contributed by atoms with Gasteiger partial charge in [0, 0.05) is 56.4 Å². The quantitative estimate of drug-likeness (QED) is 0.802. The predicted octanol–water partition coefficient (Wildman–Crippen LogP) is 2.29. The van der Waals surface area contributed by atoms with Crippen LogP contribution in [-0.2, 0) is 4.74 Å². The molecule has 1 aromatic carbocycles. The summed E-state index contributed by atoms with van der Waals surface area (Å²) in [6, 6.07) is 15.1. The Morgan fingerprint density at radius 1 is 1.07 bits per heavy atom. The van der Waals surface area contributed by atoms with Gasteiger partial charge in [0.15, 0.2) is 0 Å². The Morgan fingerprint density at radius 2 is 1.86 bits per heavy atom. The van der Waals surface area contributed by atoms with Crippen LogP contribution in [0.3, 0.4) is 0 Å². The number of amides is 1. The number of benzene rings is 1. The normalized spacial score (nSPS) is 27.3. The number of carbonyl (C=O) groups is 1. The molecule has 152 valence electrons. The second-order valence-electron chi connectivity index (χ2n) is 8.43. The van der Waals surface area contributed by atoms with Gasteiger partial charge >= 0.3 is 0 Å². The molecule has 0 N–H and O–H groups in total. The topological polar surface area (TPSA) is 48.9 Å². The van der Waals surface area contributed by atoms with Crippen LogP contribution in [0.4, 0.5) is 5.82 Å². The molecule has 6 nitrogen and oxygen atoms in total. The van der Waals surface area contributed by atoms with E-state index in [2.05, 4.69) is 52.2 Å². The van der Waals surface area contributed by atoms with E-state index in [1.165, 1.54) is 5.56 Å². The van der Waals surface area contributed by atoms with Gasteiger partial charge < -0.3 is 14.5 Å². The lowest BCUT2D eigenvalue weighted by molar-refractivity contribution is 0.0303. The first kappa shape index (κ1) is 18.6. The molecular formula is C23H28N4O2. The number of likely N-dealkylation sites (tertiary alicyclic amines) is 1. The molecule has 3 aliphatic heterocycles. The number of carbonyl (C=O) groups excluding carboxylic acids is 1. The second-order valence-corrected chi connectivity index (χ2v) is 8.43. The number of aromatic nitrogens is 1. The molecule has 3 aliphatic rings. The monoisotopic (exact) mass is 392 g/mol. The van der Waals surface area contributed by atoms with Crippen molar-refractivity contribution in [2.24, 2.45) is 11.8 Å². The molecule has 29 heavy (non-hydrogen) atoms. The fraction of sp³-hybridized carbons (Fsp3) is 0.478. The smallest absolute Gasteiger partial charge is 0.254 e. The third-order valence-corrected chi connectivity index (χ3v) is 6.65. The van der Waals surface area contributed by atoms with Crippen molar-refractivity contribution in [3.8, 4) is 0 Å². The molecule has 3 saturated heterocycles. The first-order chi connectivity index (χ1) is 14.2. The maximum atomic E-state index is 12.9. The van der Waals surface area contributed by atoms with Gasteiger partial charge in [-0.1, -0.05) is 30.3 Å². The molecule has 0 saturated carbocycles. The number of anilines is 1. The van der Waals surface area contributed by atoms with Crippen molar-refractivity contribution in [1.29, 1.82) is 0 Å². The van der Waals surface area contributed by atoms with Crippen LogP contribution >= 0.6 is 0 Å². The minimum Gasteiger partial charge on any atom is -0.378 e. The van der Waals surface area contributed by atoms with Gasteiger partial charge in [-0.2, -0.15) is 0 Å². The van der Waals surface area contributed by atoms with Crippen molar-refractivity contribution in [3.05, 3.63) is 59.8 Å². The van der Waals surface area contributed by atoms with Gasteiger partial charge in [-0.25, -0.2) is 4.98 Å². The summed E-state index contributed by atoms with van der Waals surface area (Å²) in [5.41, 5.74) is 2.12. The lowest BCUT2D eigenvalue weighted by Crippen LogP contribution is -2.40. The SMILES string of the molecule is CN1C[C@H]2CN(c3cc(C(=O)N4CCOCC4)ccn3)C[C@H]2[C@@H]1c1ccccc1. The molecule has 0 bridgehead atoms. The highest BCUT2D eigenvalue weighted by Gasteiger charge is 2.46. The molecule has 0 aliphatic carbocycles. The van der Waals surface area contributed by atoms with E-state index < -0.39 is 0 Å². The third kappa shape index (κ3) is 3.51. The van der Waals surface area contributed by atoms with Crippen molar-refractivity contribution in [1.82, 2.24) is 14.8 Å². The highest BCUT2D eigenvalue weighted by Crippen LogP contribution is 2.44. The zero-order valence-corrected chi connectivity index (χ0v) is 16.9. The highest BCUT2D eigenvalue weighted by atomic mass is 16.5. The van der Waals surface area contributed by atoms with Crippen molar-refractivity contribution < 1.29 is 9.53 Å². The Hall–Kier alpha value is -2.44. The van der Waals surface area contributed by atoms with Crippen molar-refractivity contribution in [3.63, 3.8) is 0 Å². The van der Waals surface area contributed by atoms with E-state index >= 15 is 0 Å². The van der Waals surface area contributed by atoms with E-state index in [0.29, 0.717) is 44.2 Å². The largest absolute Gasteiger partial charge is 0.378 e. The molecule has 4 heterocycles. The summed E-state index contributed by atoms with van der Waals surface area (Å²) >= 11 is 0. The summed E-state index contributed by atoms with van der Waals surface area (Å²) in [5.74, 6) is 2.22. The molecule has 3 fully saturated rings. The van der Waals surface area contributed by atoms with Crippen molar-refractivity contribution >= 4 is 11.7 Å². The summed E-state index contributed by atoms with van der Waals surface area (Å²) < 4.78 is 5.37. The van der Waals surface area contributed by atoms with E-state index in [1.54, 1.807) is 6.20 Å². The van der Waals surface area contributed by atoms with Crippen LogP contribution in [0.1, 0.15) is 22.0 Å². The predicted molar refractivity (Wildman–Crippen MR) is 112 cm³/mol. The van der Waals surface area contributed by atoms with E-state index in [1.807, 2.05) is 17.0 Å². The molecule has 1 amide bonds. The summed E-state index contributed by atoms with van der Waals surface area (Å²) in [6.07, 6.45) is 1.78. The fourth-order valence-electron chi connectivity index (χ4n) is 5.27. The highest BCUT2D eigenvalue weighted by molar-refractivity contribution is 5.95. The summed E-state index contributed by atoms with van der Waals surface area (Å²) in [7, 11) is 2.24. The molecule has 5 rings (SSSR count). The number of hydrogen-bond acceptors (Lipinski definition) is 5. The van der Waals surface area contributed by atoms with Crippen LogP contribution in [-0.4, -0.2) is 73.7 Å². The molecule has 1 aromatic heterocycles. The van der Waals surface area contributed by atoms with Gasteiger partial charge in [-0.3, -0.25) is 9.69 Å². The Labute approximate surface area is 172 Å². The lowest BCUT2D eigenvalue weighted by atomic mass is 9.90. The summed E-state index contributed by atoms with van der Waals surface area (Å²) in [6.45, 7) is 5.65. The van der Waals surface area contributed by atoms with Crippen molar-refractivity contribution in [2.75, 3.05) is 57.9 Å². The molecular weight excluding hydrogens is 364 g/mol. The Balaban J connectivity index is 1.34. The zero-order chi connectivity index (χ0) is 19.8. The standard InChI is InChI=1S/C23H28N4O2/c1-25-14-19-15-27(16-20(19)22(25)17-5-3-2-4-6-17)21-13-18(7-8-24-21)23(28)26-9-11-29-12-10-26/h2-8,13,19-20,22H,9-12,14-16H2,1H3/t19-,20+,22-/m0/s1. The van der Waals surface area contributed by atoms with Crippen LogP contribution in [0.25, 0.3) is 0 Å². The van der Waals surface area contributed by atoms with Crippen LogP contribution in [0.5, 0.6) is 0 Å². The second kappa shape index (κ2) is 7.76. The number of fused-ring (bicyclic) bond motifs is 1. The summed E-state index contributed by atoms with van der Waals surface area (Å²) in [5, 5.41) is 0.